The Balaban J connectivity index is 0.00000288. The van der Waals surface area contributed by atoms with Crippen LogP contribution < -0.4 is 10.6 Å². The maximum absolute atomic E-state index is 13.5. The molecule has 136 valence electrons. The molecule has 0 spiro atoms. The fourth-order valence-corrected chi connectivity index (χ4v) is 2.74. The second kappa shape index (κ2) is 10.8. The van der Waals surface area contributed by atoms with E-state index in [0.717, 1.165) is 37.5 Å². The monoisotopic (exact) mass is 450 g/mol. The summed E-state index contributed by atoms with van der Waals surface area (Å²) in [7, 11) is 5.72. The maximum atomic E-state index is 13.5. The van der Waals surface area contributed by atoms with Gasteiger partial charge in [-0.15, -0.1) is 24.0 Å². The molecule has 7 heteroatoms. The van der Waals surface area contributed by atoms with Gasteiger partial charge in [0.15, 0.2) is 5.96 Å². The number of ether oxygens (including phenoxy) is 1. The summed E-state index contributed by atoms with van der Waals surface area (Å²) in [6, 6.07) is 6.79. The Morgan fingerprint density at radius 2 is 2.21 bits per heavy atom. The predicted molar refractivity (Wildman–Crippen MR) is 107 cm³/mol. The zero-order valence-corrected chi connectivity index (χ0v) is 16.9. The molecular weight excluding hydrogens is 422 g/mol. The van der Waals surface area contributed by atoms with E-state index < -0.39 is 0 Å². The van der Waals surface area contributed by atoms with Crippen molar-refractivity contribution in [2.24, 2.45) is 4.99 Å². The Labute approximate surface area is 161 Å². The van der Waals surface area contributed by atoms with Gasteiger partial charge in [0.2, 0.25) is 0 Å². The number of aliphatic imine (C=N–C) groups is 1. The van der Waals surface area contributed by atoms with Crippen molar-refractivity contribution >= 4 is 29.9 Å². The minimum atomic E-state index is -0.213. The van der Waals surface area contributed by atoms with Crippen LogP contribution in [0.3, 0.4) is 0 Å². The number of hydrogen-bond donors (Lipinski definition) is 2. The lowest BCUT2D eigenvalue weighted by Gasteiger charge is -2.26. The number of halogens is 2. The third-order valence-electron chi connectivity index (χ3n) is 4.06. The molecule has 1 aromatic carbocycles. The van der Waals surface area contributed by atoms with Crippen LogP contribution in [0.25, 0.3) is 0 Å². The Morgan fingerprint density at radius 3 is 2.79 bits per heavy atom. The first-order valence-electron chi connectivity index (χ1n) is 8.08. The van der Waals surface area contributed by atoms with Gasteiger partial charge in [0.1, 0.15) is 5.82 Å². The van der Waals surface area contributed by atoms with Crippen LogP contribution in [0.1, 0.15) is 24.4 Å². The van der Waals surface area contributed by atoms with E-state index in [-0.39, 0.29) is 41.9 Å². The van der Waals surface area contributed by atoms with Crippen molar-refractivity contribution in [1.82, 2.24) is 15.5 Å². The summed E-state index contributed by atoms with van der Waals surface area (Å²) in [6.45, 7) is 2.24. The largest absolute Gasteiger partial charge is 0.376 e. The van der Waals surface area contributed by atoms with E-state index in [4.69, 9.17) is 4.74 Å². The molecule has 1 aromatic rings. The molecule has 24 heavy (non-hydrogen) atoms. The van der Waals surface area contributed by atoms with E-state index in [2.05, 4.69) is 20.5 Å². The van der Waals surface area contributed by atoms with Gasteiger partial charge >= 0.3 is 0 Å². The summed E-state index contributed by atoms with van der Waals surface area (Å²) in [5, 5.41) is 6.60. The molecule has 1 heterocycles. The van der Waals surface area contributed by atoms with Crippen LogP contribution in [-0.4, -0.2) is 57.8 Å². The molecule has 0 bridgehead atoms. The van der Waals surface area contributed by atoms with Crippen LogP contribution in [0.15, 0.2) is 29.3 Å². The van der Waals surface area contributed by atoms with Crippen LogP contribution >= 0.6 is 24.0 Å². The van der Waals surface area contributed by atoms with E-state index >= 15 is 0 Å². The summed E-state index contributed by atoms with van der Waals surface area (Å²) >= 11 is 0. The summed E-state index contributed by atoms with van der Waals surface area (Å²) < 4.78 is 19.1. The van der Waals surface area contributed by atoms with Crippen molar-refractivity contribution in [2.75, 3.05) is 40.8 Å². The fourth-order valence-electron chi connectivity index (χ4n) is 2.74. The lowest BCUT2D eigenvalue weighted by molar-refractivity contribution is 0.113. The number of guanidine groups is 1. The van der Waals surface area contributed by atoms with E-state index in [1.54, 1.807) is 19.2 Å². The normalized spacial score (nSPS) is 19.0. The smallest absolute Gasteiger partial charge is 0.191 e. The number of nitrogens with zero attached hydrogens (tertiary/aromatic N) is 2. The van der Waals surface area contributed by atoms with Crippen molar-refractivity contribution in [1.29, 1.82) is 0 Å². The Kier molecular flexibility index (Phi) is 9.53. The van der Waals surface area contributed by atoms with Crippen molar-refractivity contribution in [3.05, 3.63) is 35.6 Å². The SMILES string of the molecule is CN=C(NCC1CCCO1)NCC(c1cccc(F)c1)N(C)C.I. The summed E-state index contributed by atoms with van der Waals surface area (Å²) in [5.41, 5.74) is 0.942. The van der Waals surface area contributed by atoms with Gasteiger partial charge in [-0.05, 0) is 44.6 Å². The number of nitrogens with one attached hydrogen (secondary N) is 2. The Morgan fingerprint density at radius 1 is 1.42 bits per heavy atom. The van der Waals surface area contributed by atoms with Crippen LogP contribution in [0, 0.1) is 5.82 Å². The van der Waals surface area contributed by atoms with Crippen molar-refractivity contribution < 1.29 is 9.13 Å². The topological polar surface area (TPSA) is 48.9 Å². The fraction of sp³-hybridized carbons (Fsp3) is 0.588. The number of benzene rings is 1. The van der Waals surface area contributed by atoms with Crippen molar-refractivity contribution in [3.8, 4) is 0 Å². The molecule has 1 aliphatic heterocycles. The molecule has 1 saturated heterocycles. The third-order valence-corrected chi connectivity index (χ3v) is 4.06. The molecule has 0 aliphatic carbocycles. The number of rotatable bonds is 6. The maximum Gasteiger partial charge on any atom is 0.191 e. The lowest BCUT2D eigenvalue weighted by atomic mass is 10.1. The Bertz CT molecular complexity index is 521. The Hall–Kier alpha value is -0.930. The van der Waals surface area contributed by atoms with E-state index in [0.29, 0.717) is 6.54 Å². The first kappa shape index (κ1) is 21.1. The van der Waals surface area contributed by atoms with Gasteiger partial charge < -0.3 is 20.3 Å². The number of hydrogen-bond acceptors (Lipinski definition) is 3. The van der Waals surface area contributed by atoms with Crippen LogP contribution in [-0.2, 0) is 4.74 Å². The van der Waals surface area contributed by atoms with Gasteiger partial charge in [0, 0.05) is 26.7 Å². The van der Waals surface area contributed by atoms with Gasteiger partial charge in [-0.2, -0.15) is 0 Å². The van der Waals surface area contributed by atoms with Gasteiger partial charge in [0.05, 0.1) is 12.1 Å². The van der Waals surface area contributed by atoms with Gasteiger partial charge in [0.25, 0.3) is 0 Å². The van der Waals surface area contributed by atoms with Crippen LogP contribution in [0.5, 0.6) is 0 Å². The van der Waals surface area contributed by atoms with Crippen molar-refractivity contribution in [2.45, 2.75) is 25.0 Å². The zero-order valence-electron chi connectivity index (χ0n) is 14.6. The molecule has 0 aromatic heterocycles. The first-order chi connectivity index (χ1) is 11.1. The molecule has 5 nitrogen and oxygen atoms in total. The molecule has 2 rings (SSSR count). The molecule has 1 aliphatic rings. The van der Waals surface area contributed by atoms with Crippen LogP contribution in [0.2, 0.25) is 0 Å². The predicted octanol–water partition coefficient (Wildman–Crippen LogP) is 2.39. The summed E-state index contributed by atoms with van der Waals surface area (Å²) in [4.78, 5) is 6.30. The molecular formula is C17H28FIN4O. The van der Waals surface area contributed by atoms with E-state index in [9.17, 15) is 4.39 Å². The zero-order chi connectivity index (χ0) is 16.7. The average Bonchev–Trinajstić information content (AvgIpc) is 3.03. The lowest BCUT2D eigenvalue weighted by Crippen LogP contribution is -2.44. The van der Waals surface area contributed by atoms with Gasteiger partial charge in [-0.3, -0.25) is 4.99 Å². The third kappa shape index (κ3) is 6.52. The van der Waals surface area contributed by atoms with E-state index in [1.165, 1.54) is 6.07 Å². The molecule has 0 amide bonds. The van der Waals surface area contributed by atoms with Crippen molar-refractivity contribution in [3.63, 3.8) is 0 Å². The summed E-state index contributed by atoms with van der Waals surface area (Å²) in [5.74, 6) is 0.527. The highest BCUT2D eigenvalue weighted by Gasteiger charge is 2.17. The van der Waals surface area contributed by atoms with Crippen LogP contribution in [0.4, 0.5) is 4.39 Å². The second-order valence-corrected chi connectivity index (χ2v) is 6.00. The number of likely N-dealkylation sites (N-methyl/N-ethyl adjacent to an activating group) is 1. The highest BCUT2D eigenvalue weighted by atomic mass is 127. The molecule has 2 atom stereocenters. The van der Waals surface area contributed by atoms with Gasteiger partial charge in [-0.25, -0.2) is 4.39 Å². The molecule has 0 saturated carbocycles. The minimum Gasteiger partial charge on any atom is -0.376 e. The molecule has 0 radical (unpaired) electrons. The van der Waals surface area contributed by atoms with E-state index in [1.807, 2.05) is 20.2 Å². The molecule has 2 unspecified atom stereocenters. The standard InChI is InChI=1S/C17H27FN4O.HI/c1-19-17(20-11-15-8-5-9-23-15)21-12-16(22(2)3)13-6-4-7-14(18)10-13;/h4,6-7,10,15-16H,5,8-9,11-12H2,1-3H3,(H2,19,20,21);1H. The molecule has 2 N–H and O–H groups in total. The summed E-state index contributed by atoms with van der Waals surface area (Å²) in [6.07, 6.45) is 2.48. The van der Waals surface area contributed by atoms with Gasteiger partial charge in [-0.1, -0.05) is 12.1 Å². The quantitative estimate of drug-likeness (QED) is 0.397. The minimum absolute atomic E-state index is 0. The highest BCUT2D eigenvalue weighted by Crippen LogP contribution is 2.18. The molecule has 1 fully saturated rings. The average molecular weight is 450 g/mol. The first-order valence-corrected chi connectivity index (χ1v) is 8.08. The second-order valence-electron chi connectivity index (χ2n) is 6.00. The highest BCUT2D eigenvalue weighted by molar-refractivity contribution is 14.0.